The van der Waals surface area contributed by atoms with Crippen LogP contribution in [0, 0.1) is 5.92 Å². The number of likely N-dealkylation sites (tertiary alicyclic amines) is 1. The van der Waals surface area contributed by atoms with Gasteiger partial charge < -0.3 is 10.6 Å². The first kappa shape index (κ1) is 12.6. The first-order valence-corrected chi connectivity index (χ1v) is 7.24. The Balaban J connectivity index is 1.74. The minimum Gasteiger partial charge on any atom is -0.392 e. The molecule has 4 heteroatoms. The van der Waals surface area contributed by atoms with Crippen molar-refractivity contribution in [3.63, 3.8) is 0 Å². The lowest BCUT2D eigenvalue weighted by atomic mass is 10.0. The van der Waals surface area contributed by atoms with Crippen molar-refractivity contribution in [2.24, 2.45) is 11.7 Å². The third kappa shape index (κ3) is 2.25. The molecular formula is C15H18N2OS. The summed E-state index contributed by atoms with van der Waals surface area (Å²) in [5, 5.41) is 0. The fourth-order valence-electron chi connectivity index (χ4n) is 3.29. The Hall–Kier alpha value is -1.42. The second-order valence-corrected chi connectivity index (χ2v) is 5.94. The summed E-state index contributed by atoms with van der Waals surface area (Å²) in [5.41, 5.74) is 8.37. The molecule has 3 nitrogen and oxygen atoms in total. The number of rotatable bonds is 2. The fourth-order valence-corrected chi connectivity index (χ4v) is 3.54. The van der Waals surface area contributed by atoms with Gasteiger partial charge in [0, 0.05) is 12.5 Å². The average Bonchev–Trinajstić information content (AvgIpc) is 3.04. The van der Waals surface area contributed by atoms with E-state index in [2.05, 4.69) is 12.1 Å². The molecule has 0 bridgehead atoms. The molecule has 3 rings (SSSR count). The SMILES string of the molecule is NC(=S)C1CCCN1C(=O)C1Cc2ccccc2C1. The molecule has 19 heavy (non-hydrogen) atoms. The van der Waals surface area contributed by atoms with Crippen molar-refractivity contribution in [3.05, 3.63) is 35.4 Å². The van der Waals surface area contributed by atoms with Gasteiger partial charge in [-0.1, -0.05) is 36.5 Å². The van der Waals surface area contributed by atoms with Gasteiger partial charge in [-0.3, -0.25) is 4.79 Å². The molecule has 1 atom stereocenters. The van der Waals surface area contributed by atoms with E-state index in [-0.39, 0.29) is 17.9 Å². The molecule has 0 aromatic heterocycles. The Bertz CT molecular complexity index is 504. The Morgan fingerprint density at radius 2 is 1.89 bits per heavy atom. The number of fused-ring (bicyclic) bond motifs is 1. The van der Waals surface area contributed by atoms with E-state index in [4.69, 9.17) is 18.0 Å². The van der Waals surface area contributed by atoms with Crippen LogP contribution in [0.25, 0.3) is 0 Å². The van der Waals surface area contributed by atoms with Crippen molar-refractivity contribution in [1.29, 1.82) is 0 Å². The summed E-state index contributed by atoms with van der Waals surface area (Å²) in [6, 6.07) is 8.31. The predicted molar refractivity (Wildman–Crippen MR) is 78.9 cm³/mol. The molecule has 100 valence electrons. The van der Waals surface area contributed by atoms with Crippen molar-refractivity contribution in [3.8, 4) is 0 Å². The minimum absolute atomic E-state index is 0.0220. The van der Waals surface area contributed by atoms with E-state index in [0.717, 1.165) is 32.2 Å². The number of carbonyl (C=O) groups is 1. The highest BCUT2D eigenvalue weighted by Gasteiger charge is 2.36. The fraction of sp³-hybridized carbons (Fsp3) is 0.467. The third-order valence-electron chi connectivity index (χ3n) is 4.26. The van der Waals surface area contributed by atoms with Crippen molar-refractivity contribution in [2.45, 2.75) is 31.7 Å². The lowest BCUT2D eigenvalue weighted by Crippen LogP contribution is -2.45. The highest BCUT2D eigenvalue weighted by atomic mass is 32.1. The molecule has 1 aromatic carbocycles. The van der Waals surface area contributed by atoms with Crippen LogP contribution in [-0.2, 0) is 17.6 Å². The van der Waals surface area contributed by atoms with E-state index >= 15 is 0 Å². The maximum absolute atomic E-state index is 12.6. The van der Waals surface area contributed by atoms with Crippen molar-refractivity contribution < 1.29 is 4.79 Å². The number of hydrogen-bond donors (Lipinski definition) is 1. The van der Waals surface area contributed by atoms with Crippen LogP contribution in [0.4, 0.5) is 0 Å². The highest BCUT2D eigenvalue weighted by Crippen LogP contribution is 2.30. The van der Waals surface area contributed by atoms with E-state index in [1.165, 1.54) is 11.1 Å². The maximum atomic E-state index is 12.6. The molecule has 1 amide bonds. The van der Waals surface area contributed by atoms with Gasteiger partial charge in [0.1, 0.15) is 0 Å². The lowest BCUT2D eigenvalue weighted by molar-refractivity contribution is -0.135. The van der Waals surface area contributed by atoms with Gasteiger partial charge in [-0.25, -0.2) is 0 Å². The number of hydrogen-bond acceptors (Lipinski definition) is 2. The summed E-state index contributed by atoms with van der Waals surface area (Å²) < 4.78 is 0. The number of amides is 1. The molecular weight excluding hydrogens is 256 g/mol. The monoisotopic (exact) mass is 274 g/mol. The van der Waals surface area contributed by atoms with Gasteiger partial charge in [0.2, 0.25) is 5.91 Å². The zero-order valence-electron chi connectivity index (χ0n) is 10.8. The molecule has 1 aliphatic heterocycles. The van der Waals surface area contributed by atoms with Crippen LogP contribution in [-0.4, -0.2) is 28.4 Å². The largest absolute Gasteiger partial charge is 0.392 e. The standard InChI is InChI=1S/C15H18N2OS/c16-14(19)13-6-3-7-17(13)15(18)12-8-10-4-1-2-5-11(10)9-12/h1-2,4-5,12-13H,3,6-9H2,(H2,16,19). The summed E-state index contributed by atoms with van der Waals surface area (Å²) in [5.74, 6) is 0.304. The number of nitrogens with two attached hydrogens (primary N) is 1. The van der Waals surface area contributed by atoms with Crippen LogP contribution in [0.5, 0.6) is 0 Å². The van der Waals surface area contributed by atoms with E-state index in [0.29, 0.717) is 4.99 Å². The summed E-state index contributed by atoms with van der Waals surface area (Å²) >= 11 is 5.08. The first-order valence-electron chi connectivity index (χ1n) is 6.83. The Kier molecular flexibility index (Phi) is 3.27. The molecule has 1 aromatic rings. The van der Waals surface area contributed by atoms with E-state index in [9.17, 15) is 4.79 Å². The minimum atomic E-state index is -0.0220. The molecule has 1 fully saturated rings. The normalized spacial score (nSPS) is 22.5. The van der Waals surface area contributed by atoms with Crippen molar-refractivity contribution in [1.82, 2.24) is 4.90 Å². The molecule has 1 saturated heterocycles. The number of thiocarbonyl (C=S) groups is 1. The molecule has 0 spiro atoms. The van der Waals surface area contributed by atoms with Gasteiger partial charge in [0.25, 0.3) is 0 Å². The lowest BCUT2D eigenvalue weighted by Gasteiger charge is -2.26. The van der Waals surface area contributed by atoms with Crippen LogP contribution in [0.15, 0.2) is 24.3 Å². The van der Waals surface area contributed by atoms with Gasteiger partial charge >= 0.3 is 0 Å². The van der Waals surface area contributed by atoms with Crippen LogP contribution in [0.2, 0.25) is 0 Å². The van der Waals surface area contributed by atoms with Crippen LogP contribution >= 0.6 is 12.2 Å². The van der Waals surface area contributed by atoms with Crippen LogP contribution in [0.3, 0.4) is 0 Å². The molecule has 1 aliphatic carbocycles. The molecule has 2 aliphatic rings. The zero-order chi connectivity index (χ0) is 13.4. The van der Waals surface area contributed by atoms with E-state index in [1.807, 2.05) is 17.0 Å². The Morgan fingerprint density at radius 1 is 1.26 bits per heavy atom. The number of benzene rings is 1. The summed E-state index contributed by atoms with van der Waals surface area (Å²) in [6.07, 6.45) is 3.64. The van der Waals surface area contributed by atoms with Gasteiger partial charge in [-0.05, 0) is 36.8 Å². The van der Waals surface area contributed by atoms with Crippen LogP contribution < -0.4 is 5.73 Å². The van der Waals surface area contributed by atoms with E-state index < -0.39 is 0 Å². The van der Waals surface area contributed by atoms with Gasteiger partial charge in [0.05, 0.1) is 11.0 Å². The van der Waals surface area contributed by atoms with Crippen LogP contribution in [0.1, 0.15) is 24.0 Å². The third-order valence-corrected chi connectivity index (χ3v) is 4.54. The average molecular weight is 274 g/mol. The summed E-state index contributed by atoms with van der Waals surface area (Å²) in [6.45, 7) is 0.799. The molecule has 1 unspecified atom stereocenters. The molecule has 0 radical (unpaired) electrons. The van der Waals surface area contributed by atoms with Crippen molar-refractivity contribution >= 4 is 23.1 Å². The van der Waals surface area contributed by atoms with Crippen molar-refractivity contribution in [2.75, 3.05) is 6.54 Å². The summed E-state index contributed by atoms with van der Waals surface area (Å²) in [7, 11) is 0. The molecule has 0 saturated carbocycles. The number of nitrogens with zero attached hydrogens (tertiary/aromatic N) is 1. The second-order valence-electron chi connectivity index (χ2n) is 5.47. The summed E-state index contributed by atoms with van der Waals surface area (Å²) in [4.78, 5) is 15.0. The van der Waals surface area contributed by atoms with E-state index in [1.54, 1.807) is 0 Å². The topological polar surface area (TPSA) is 46.3 Å². The quantitative estimate of drug-likeness (QED) is 0.835. The predicted octanol–water partition coefficient (Wildman–Crippen LogP) is 1.68. The second kappa shape index (κ2) is 4.93. The molecule has 2 N–H and O–H groups in total. The maximum Gasteiger partial charge on any atom is 0.226 e. The Labute approximate surface area is 118 Å². The van der Waals surface area contributed by atoms with Gasteiger partial charge in [0.15, 0.2) is 0 Å². The number of carbonyl (C=O) groups excluding carboxylic acids is 1. The van der Waals surface area contributed by atoms with Gasteiger partial charge in [-0.2, -0.15) is 0 Å². The smallest absolute Gasteiger partial charge is 0.226 e. The highest BCUT2D eigenvalue weighted by molar-refractivity contribution is 7.80. The Morgan fingerprint density at radius 3 is 2.47 bits per heavy atom. The molecule has 1 heterocycles. The van der Waals surface area contributed by atoms with Gasteiger partial charge in [-0.15, -0.1) is 0 Å². The zero-order valence-corrected chi connectivity index (χ0v) is 11.7. The first-order chi connectivity index (χ1) is 9.16.